The van der Waals surface area contributed by atoms with Crippen molar-refractivity contribution in [2.24, 2.45) is 5.92 Å². The Bertz CT molecular complexity index is 194. The third kappa shape index (κ3) is 2.91. The van der Waals surface area contributed by atoms with Crippen LogP contribution in [0.4, 0.5) is 4.39 Å². The van der Waals surface area contributed by atoms with E-state index in [0.717, 1.165) is 19.0 Å². The van der Waals surface area contributed by atoms with Gasteiger partial charge in [0, 0.05) is 31.7 Å². The van der Waals surface area contributed by atoms with Crippen LogP contribution in [0.5, 0.6) is 0 Å². The number of alkyl halides is 1. The molecule has 1 saturated heterocycles. The lowest BCUT2D eigenvalue weighted by Crippen LogP contribution is -2.57. The van der Waals surface area contributed by atoms with Gasteiger partial charge in [-0.3, -0.25) is 4.90 Å². The fraction of sp³-hybridized carbons (Fsp3) is 1.00. The van der Waals surface area contributed by atoms with Gasteiger partial charge in [0.15, 0.2) is 0 Å². The molecule has 88 valence electrons. The molecule has 3 heteroatoms. The molecule has 2 rings (SSSR count). The van der Waals surface area contributed by atoms with Crippen molar-refractivity contribution in [3.05, 3.63) is 0 Å². The number of hydrogen-bond acceptors (Lipinski definition) is 2. The molecule has 0 amide bonds. The predicted octanol–water partition coefficient (Wildman–Crippen LogP) is 1.81. The smallest absolute Gasteiger partial charge is 0.102 e. The summed E-state index contributed by atoms with van der Waals surface area (Å²) in [5, 5.41) is 3.62. The quantitative estimate of drug-likeness (QED) is 0.751. The molecule has 2 unspecified atom stereocenters. The first-order chi connectivity index (χ1) is 7.35. The van der Waals surface area contributed by atoms with Crippen molar-refractivity contribution < 1.29 is 4.39 Å². The minimum Gasteiger partial charge on any atom is -0.311 e. The first-order valence-electron chi connectivity index (χ1n) is 6.38. The lowest BCUT2D eigenvalue weighted by atomic mass is 10.0. The normalized spacial score (nSPS) is 33.2. The molecule has 2 aliphatic rings. The molecule has 15 heavy (non-hydrogen) atoms. The lowest BCUT2D eigenvalue weighted by molar-refractivity contribution is 0.104. The molecule has 0 aromatic carbocycles. The van der Waals surface area contributed by atoms with E-state index in [1.807, 2.05) is 0 Å². The average Bonchev–Trinajstić information content (AvgIpc) is 3.03. The summed E-state index contributed by atoms with van der Waals surface area (Å²) in [5.74, 6) is 0.853. The van der Waals surface area contributed by atoms with Crippen molar-refractivity contribution in [1.29, 1.82) is 0 Å². The highest BCUT2D eigenvalue weighted by Crippen LogP contribution is 2.36. The van der Waals surface area contributed by atoms with Gasteiger partial charge >= 0.3 is 0 Å². The Balaban J connectivity index is 1.86. The van der Waals surface area contributed by atoms with Crippen LogP contribution in [-0.4, -0.2) is 43.3 Å². The van der Waals surface area contributed by atoms with Gasteiger partial charge in [-0.1, -0.05) is 13.3 Å². The molecule has 1 aliphatic carbocycles. The second-order valence-electron chi connectivity index (χ2n) is 4.98. The molecule has 2 nitrogen and oxygen atoms in total. The van der Waals surface area contributed by atoms with Crippen LogP contribution < -0.4 is 5.32 Å². The van der Waals surface area contributed by atoms with Crippen LogP contribution in [0.15, 0.2) is 0 Å². The molecule has 1 saturated carbocycles. The maximum absolute atomic E-state index is 12.5. The maximum atomic E-state index is 12.5. The highest BCUT2D eigenvalue weighted by Gasteiger charge is 2.38. The molecule has 0 spiro atoms. The Morgan fingerprint density at radius 3 is 2.80 bits per heavy atom. The predicted molar refractivity (Wildman–Crippen MR) is 60.8 cm³/mol. The summed E-state index contributed by atoms with van der Waals surface area (Å²) in [5.41, 5.74) is 0. The van der Waals surface area contributed by atoms with Gasteiger partial charge in [-0.05, 0) is 25.2 Å². The Labute approximate surface area is 92.2 Å². The summed E-state index contributed by atoms with van der Waals surface area (Å²) in [6, 6.07) is 1.21. The van der Waals surface area contributed by atoms with Crippen molar-refractivity contribution in [3.63, 3.8) is 0 Å². The highest BCUT2D eigenvalue weighted by molar-refractivity contribution is 4.94. The molecular weight excluding hydrogens is 191 g/mol. The summed E-state index contributed by atoms with van der Waals surface area (Å²) in [6.45, 7) is 4.80. The van der Waals surface area contributed by atoms with E-state index in [2.05, 4.69) is 17.1 Å². The average molecular weight is 214 g/mol. The van der Waals surface area contributed by atoms with E-state index >= 15 is 0 Å². The lowest BCUT2D eigenvalue weighted by Gasteiger charge is -2.40. The van der Waals surface area contributed by atoms with E-state index in [0.29, 0.717) is 18.6 Å². The van der Waals surface area contributed by atoms with Crippen molar-refractivity contribution >= 4 is 0 Å². The first kappa shape index (κ1) is 11.3. The highest BCUT2D eigenvalue weighted by atomic mass is 19.1. The van der Waals surface area contributed by atoms with Crippen molar-refractivity contribution in [3.8, 4) is 0 Å². The van der Waals surface area contributed by atoms with Gasteiger partial charge in [-0.25, -0.2) is 4.39 Å². The van der Waals surface area contributed by atoms with Crippen LogP contribution in [0.2, 0.25) is 0 Å². The van der Waals surface area contributed by atoms with Crippen LogP contribution >= 0.6 is 0 Å². The van der Waals surface area contributed by atoms with Gasteiger partial charge in [0.25, 0.3) is 0 Å². The number of hydrogen-bond donors (Lipinski definition) is 1. The third-order valence-corrected chi connectivity index (χ3v) is 3.71. The van der Waals surface area contributed by atoms with E-state index in [-0.39, 0.29) is 6.67 Å². The number of nitrogens with one attached hydrogen (secondary N) is 1. The number of rotatable bonds is 5. The Morgan fingerprint density at radius 1 is 1.40 bits per heavy atom. The van der Waals surface area contributed by atoms with Gasteiger partial charge in [0.2, 0.25) is 0 Å². The summed E-state index contributed by atoms with van der Waals surface area (Å²) >= 11 is 0. The topological polar surface area (TPSA) is 15.3 Å². The molecule has 1 aliphatic heterocycles. The molecule has 2 fully saturated rings. The zero-order valence-corrected chi connectivity index (χ0v) is 9.71. The van der Waals surface area contributed by atoms with Gasteiger partial charge in [-0.2, -0.15) is 0 Å². The van der Waals surface area contributed by atoms with Gasteiger partial charge in [-0.15, -0.1) is 0 Å². The third-order valence-electron chi connectivity index (χ3n) is 3.71. The molecule has 1 heterocycles. The second kappa shape index (κ2) is 5.26. The molecule has 2 atom stereocenters. The maximum Gasteiger partial charge on any atom is 0.102 e. The van der Waals surface area contributed by atoms with Crippen molar-refractivity contribution in [2.75, 3.05) is 26.3 Å². The molecular formula is C12H23FN2. The van der Waals surface area contributed by atoms with Crippen LogP contribution in [0.3, 0.4) is 0 Å². The second-order valence-corrected chi connectivity index (χ2v) is 4.98. The van der Waals surface area contributed by atoms with Crippen LogP contribution in [0, 0.1) is 5.92 Å². The number of piperazine rings is 1. The zero-order chi connectivity index (χ0) is 10.7. The largest absolute Gasteiger partial charge is 0.311 e. The Hall–Kier alpha value is -0.150. The standard InChI is InChI=1S/C12H23FN2/c1-2-3-11-9-15(7-6-13)12(8-14-11)10-4-5-10/h10-12,14H,2-9H2,1H3. The Morgan fingerprint density at radius 2 is 2.20 bits per heavy atom. The van der Waals surface area contributed by atoms with E-state index in [9.17, 15) is 4.39 Å². The summed E-state index contributed by atoms with van der Waals surface area (Å²) < 4.78 is 12.5. The Kier molecular flexibility index (Phi) is 3.98. The van der Waals surface area contributed by atoms with E-state index in [4.69, 9.17) is 0 Å². The summed E-state index contributed by atoms with van der Waals surface area (Å²) in [6.07, 6.45) is 5.15. The number of halogens is 1. The monoisotopic (exact) mass is 214 g/mol. The van der Waals surface area contributed by atoms with Gasteiger partial charge in [0.05, 0.1) is 0 Å². The van der Waals surface area contributed by atoms with Crippen molar-refractivity contribution in [1.82, 2.24) is 10.2 Å². The zero-order valence-electron chi connectivity index (χ0n) is 9.71. The van der Waals surface area contributed by atoms with Gasteiger partial charge < -0.3 is 5.32 Å². The van der Waals surface area contributed by atoms with Crippen LogP contribution in [0.1, 0.15) is 32.6 Å². The fourth-order valence-corrected chi connectivity index (χ4v) is 2.75. The summed E-state index contributed by atoms with van der Waals surface area (Å²) in [7, 11) is 0. The molecule has 1 N–H and O–H groups in total. The minimum absolute atomic E-state index is 0.192. The fourth-order valence-electron chi connectivity index (χ4n) is 2.75. The van der Waals surface area contributed by atoms with E-state index in [1.54, 1.807) is 0 Å². The molecule has 0 radical (unpaired) electrons. The molecule has 0 bridgehead atoms. The van der Waals surface area contributed by atoms with E-state index < -0.39 is 0 Å². The molecule has 0 aromatic rings. The minimum atomic E-state index is -0.192. The number of nitrogens with zero attached hydrogens (tertiary/aromatic N) is 1. The van der Waals surface area contributed by atoms with Gasteiger partial charge in [0.1, 0.15) is 6.67 Å². The van der Waals surface area contributed by atoms with Crippen LogP contribution in [-0.2, 0) is 0 Å². The summed E-state index contributed by atoms with van der Waals surface area (Å²) in [4.78, 5) is 2.38. The van der Waals surface area contributed by atoms with Crippen molar-refractivity contribution in [2.45, 2.75) is 44.7 Å². The SMILES string of the molecule is CCCC1CN(CCF)C(C2CC2)CN1. The van der Waals surface area contributed by atoms with Crippen LogP contribution in [0.25, 0.3) is 0 Å². The van der Waals surface area contributed by atoms with E-state index in [1.165, 1.54) is 25.7 Å². The first-order valence-corrected chi connectivity index (χ1v) is 6.38. The molecule has 0 aromatic heterocycles.